The molecular weight excluding hydrogens is 376 g/mol. The number of ether oxygens (including phenoxy) is 2. The molecule has 7 heteroatoms. The van der Waals surface area contributed by atoms with Crippen molar-refractivity contribution in [3.8, 4) is 11.5 Å². The standard InChI is InChI=1S/C21H28N2O4S/c1-16-5-4-12-23(15-16)18-8-6-17(7-9-18)14-22-28(24,25)21-13-19(26-2)10-11-20(21)27-3/h6-11,13,16,22H,4-5,12,14-15H2,1-3H3/t16-/m0/s1. The monoisotopic (exact) mass is 404 g/mol. The van der Waals surface area contributed by atoms with E-state index in [0.717, 1.165) is 18.7 Å². The van der Waals surface area contributed by atoms with Crippen LogP contribution in [-0.4, -0.2) is 35.7 Å². The summed E-state index contributed by atoms with van der Waals surface area (Å²) in [4.78, 5) is 2.46. The maximum atomic E-state index is 12.7. The van der Waals surface area contributed by atoms with Crippen LogP contribution in [0, 0.1) is 5.92 Å². The summed E-state index contributed by atoms with van der Waals surface area (Å²) in [5, 5.41) is 0. The van der Waals surface area contributed by atoms with Gasteiger partial charge in [-0.2, -0.15) is 0 Å². The van der Waals surface area contributed by atoms with Crippen molar-refractivity contribution in [1.29, 1.82) is 0 Å². The van der Waals surface area contributed by atoms with Crippen molar-refractivity contribution < 1.29 is 17.9 Å². The minimum Gasteiger partial charge on any atom is -0.497 e. The van der Waals surface area contributed by atoms with Crippen molar-refractivity contribution in [3.63, 3.8) is 0 Å². The number of hydrogen-bond acceptors (Lipinski definition) is 5. The molecule has 2 aromatic rings. The van der Waals surface area contributed by atoms with E-state index in [-0.39, 0.29) is 17.2 Å². The second kappa shape index (κ2) is 8.84. The fraction of sp³-hybridized carbons (Fsp3) is 0.429. The van der Waals surface area contributed by atoms with Crippen LogP contribution in [-0.2, 0) is 16.6 Å². The van der Waals surface area contributed by atoms with E-state index in [1.165, 1.54) is 38.8 Å². The average Bonchev–Trinajstić information content (AvgIpc) is 2.72. The van der Waals surface area contributed by atoms with Gasteiger partial charge >= 0.3 is 0 Å². The van der Waals surface area contributed by atoms with Gasteiger partial charge in [-0.1, -0.05) is 19.1 Å². The normalized spacial score (nSPS) is 17.4. The molecule has 152 valence electrons. The topological polar surface area (TPSA) is 67.9 Å². The van der Waals surface area contributed by atoms with Crippen molar-refractivity contribution >= 4 is 15.7 Å². The van der Waals surface area contributed by atoms with Gasteiger partial charge in [0.15, 0.2) is 0 Å². The second-order valence-electron chi connectivity index (χ2n) is 7.20. The highest BCUT2D eigenvalue weighted by Gasteiger charge is 2.21. The fourth-order valence-electron chi connectivity index (χ4n) is 3.50. The number of piperidine rings is 1. The molecule has 1 heterocycles. The highest BCUT2D eigenvalue weighted by molar-refractivity contribution is 7.89. The van der Waals surface area contributed by atoms with Crippen LogP contribution in [0.3, 0.4) is 0 Å². The van der Waals surface area contributed by atoms with E-state index in [1.54, 1.807) is 12.1 Å². The minimum atomic E-state index is -3.74. The largest absolute Gasteiger partial charge is 0.497 e. The lowest BCUT2D eigenvalue weighted by molar-refractivity contribution is 0.392. The summed E-state index contributed by atoms with van der Waals surface area (Å²) >= 11 is 0. The van der Waals surface area contributed by atoms with E-state index in [9.17, 15) is 8.42 Å². The third kappa shape index (κ3) is 4.77. The quantitative estimate of drug-likeness (QED) is 0.766. The molecule has 0 aliphatic carbocycles. The van der Waals surface area contributed by atoms with Gasteiger partial charge in [0, 0.05) is 31.4 Å². The van der Waals surface area contributed by atoms with E-state index >= 15 is 0 Å². The summed E-state index contributed by atoms with van der Waals surface area (Å²) in [7, 11) is -0.795. The molecule has 3 rings (SSSR count). The van der Waals surface area contributed by atoms with Crippen LogP contribution in [0.2, 0.25) is 0 Å². The number of sulfonamides is 1. The Morgan fingerprint density at radius 1 is 1.11 bits per heavy atom. The molecule has 0 radical (unpaired) electrons. The lowest BCUT2D eigenvalue weighted by Gasteiger charge is -2.32. The third-order valence-corrected chi connectivity index (χ3v) is 6.51. The first-order valence-electron chi connectivity index (χ1n) is 9.48. The average molecular weight is 405 g/mol. The van der Waals surface area contributed by atoms with Crippen LogP contribution < -0.4 is 19.1 Å². The van der Waals surface area contributed by atoms with Gasteiger partial charge in [-0.05, 0) is 48.6 Å². The Balaban J connectivity index is 1.69. The molecule has 0 unspecified atom stereocenters. The molecule has 0 aromatic heterocycles. The van der Waals surface area contributed by atoms with Crippen LogP contribution in [0.1, 0.15) is 25.3 Å². The SMILES string of the molecule is COc1ccc(OC)c(S(=O)(=O)NCc2ccc(N3CCC[C@H](C)C3)cc2)c1. The number of methoxy groups -OCH3 is 2. The zero-order valence-corrected chi connectivity index (χ0v) is 17.5. The fourth-order valence-corrected chi connectivity index (χ4v) is 4.70. The molecule has 2 aromatic carbocycles. The Hall–Kier alpha value is -2.25. The van der Waals surface area contributed by atoms with Gasteiger partial charge < -0.3 is 14.4 Å². The molecule has 1 atom stereocenters. The molecule has 1 saturated heterocycles. The second-order valence-corrected chi connectivity index (χ2v) is 8.94. The molecule has 0 saturated carbocycles. The molecule has 6 nitrogen and oxygen atoms in total. The molecule has 1 fully saturated rings. The lowest BCUT2D eigenvalue weighted by atomic mass is 9.99. The number of nitrogens with zero attached hydrogens (tertiary/aromatic N) is 1. The number of rotatable bonds is 7. The molecule has 1 N–H and O–H groups in total. The van der Waals surface area contributed by atoms with Crippen molar-refractivity contribution in [3.05, 3.63) is 48.0 Å². The van der Waals surface area contributed by atoms with Crippen LogP contribution in [0.5, 0.6) is 11.5 Å². The maximum absolute atomic E-state index is 12.7. The van der Waals surface area contributed by atoms with Gasteiger partial charge in [-0.15, -0.1) is 0 Å². The van der Waals surface area contributed by atoms with Crippen LogP contribution >= 0.6 is 0 Å². The molecule has 0 spiro atoms. The molecule has 0 bridgehead atoms. The van der Waals surface area contributed by atoms with Crippen molar-refractivity contribution in [2.24, 2.45) is 5.92 Å². The summed E-state index contributed by atoms with van der Waals surface area (Å²) in [6, 6.07) is 12.8. The third-order valence-electron chi connectivity index (χ3n) is 5.09. The first kappa shape index (κ1) is 20.5. The van der Waals surface area contributed by atoms with E-state index in [1.807, 2.05) is 12.1 Å². The number of hydrogen-bond donors (Lipinski definition) is 1. The lowest BCUT2D eigenvalue weighted by Crippen LogP contribution is -2.34. The van der Waals surface area contributed by atoms with Gasteiger partial charge in [-0.25, -0.2) is 13.1 Å². The van der Waals surface area contributed by atoms with Crippen molar-refractivity contribution in [2.45, 2.75) is 31.2 Å². The molecule has 0 amide bonds. The zero-order valence-electron chi connectivity index (χ0n) is 16.6. The van der Waals surface area contributed by atoms with Gasteiger partial charge in [0.05, 0.1) is 14.2 Å². The Morgan fingerprint density at radius 2 is 1.86 bits per heavy atom. The van der Waals surface area contributed by atoms with Gasteiger partial charge in [0.25, 0.3) is 0 Å². The molecule has 1 aliphatic rings. The smallest absolute Gasteiger partial charge is 0.244 e. The molecule has 28 heavy (non-hydrogen) atoms. The Kier molecular flexibility index (Phi) is 6.46. The van der Waals surface area contributed by atoms with Gasteiger partial charge in [-0.3, -0.25) is 0 Å². The van der Waals surface area contributed by atoms with Gasteiger partial charge in [0.2, 0.25) is 10.0 Å². The summed E-state index contributed by atoms with van der Waals surface area (Å²) in [5.41, 5.74) is 2.09. The highest BCUT2D eigenvalue weighted by atomic mass is 32.2. The molecular formula is C21H28N2O4S. The summed E-state index contributed by atoms with van der Waals surface area (Å²) in [6.45, 7) is 4.63. The summed E-state index contributed by atoms with van der Waals surface area (Å²) in [5.74, 6) is 1.45. The van der Waals surface area contributed by atoms with E-state index < -0.39 is 10.0 Å². The van der Waals surface area contributed by atoms with Crippen LogP contribution in [0.4, 0.5) is 5.69 Å². The summed E-state index contributed by atoms with van der Waals surface area (Å²) in [6.07, 6.45) is 2.50. The molecule has 1 aliphatic heterocycles. The van der Waals surface area contributed by atoms with E-state index in [4.69, 9.17) is 9.47 Å². The first-order chi connectivity index (χ1) is 13.4. The van der Waals surface area contributed by atoms with Gasteiger partial charge in [0.1, 0.15) is 16.4 Å². The Morgan fingerprint density at radius 3 is 2.50 bits per heavy atom. The Bertz CT molecular complexity index is 897. The number of nitrogens with one attached hydrogen (secondary N) is 1. The minimum absolute atomic E-state index is 0.0632. The van der Waals surface area contributed by atoms with E-state index in [0.29, 0.717) is 11.7 Å². The maximum Gasteiger partial charge on any atom is 0.244 e. The highest BCUT2D eigenvalue weighted by Crippen LogP contribution is 2.28. The summed E-state index contributed by atoms with van der Waals surface area (Å²) < 4.78 is 38.5. The van der Waals surface area contributed by atoms with Crippen LogP contribution in [0.25, 0.3) is 0 Å². The Labute approximate surface area is 167 Å². The number of anilines is 1. The predicted octanol–water partition coefficient (Wildman–Crippen LogP) is 3.42. The predicted molar refractivity (Wildman–Crippen MR) is 111 cm³/mol. The first-order valence-corrected chi connectivity index (χ1v) is 11.0. The van der Waals surface area contributed by atoms with Crippen molar-refractivity contribution in [2.75, 3.05) is 32.2 Å². The number of benzene rings is 2. The van der Waals surface area contributed by atoms with E-state index in [2.05, 4.69) is 28.7 Å². The zero-order chi connectivity index (χ0) is 20.1. The van der Waals surface area contributed by atoms with Crippen molar-refractivity contribution in [1.82, 2.24) is 4.72 Å². The van der Waals surface area contributed by atoms with Crippen LogP contribution in [0.15, 0.2) is 47.4 Å².